The Morgan fingerprint density at radius 3 is 2.60 bits per heavy atom. The molecule has 1 aliphatic heterocycles. The van der Waals surface area contributed by atoms with Crippen LogP contribution < -0.4 is 15.8 Å². The van der Waals surface area contributed by atoms with Gasteiger partial charge in [-0.25, -0.2) is 0 Å². The molecule has 0 saturated carbocycles. The van der Waals surface area contributed by atoms with Crippen molar-refractivity contribution >= 4 is 5.91 Å². The van der Waals surface area contributed by atoms with Gasteiger partial charge in [-0.15, -0.1) is 0 Å². The van der Waals surface area contributed by atoms with Gasteiger partial charge < -0.3 is 15.1 Å². The summed E-state index contributed by atoms with van der Waals surface area (Å²) in [6, 6.07) is 7.95. The first-order chi connectivity index (χ1) is 12.3. The van der Waals surface area contributed by atoms with Crippen LogP contribution in [0.4, 0.5) is 0 Å². The summed E-state index contributed by atoms with van der Waals surface area (Å²) >= 11 is 0. The maximum Gasteiger partial charge on any atom is 0.269 e. The number of rotatable bonds is 5. The minimum Gasteiger partial charge on any atom is -0.370 e. The monoisotopic (exact) mass is 344 g/mol. The Kier molecular flexibility index (Phi) is 6.89. The van der Waals surface area contributed by atoms with Gasteiger partial charge in [-0.2, -0.15) is 0 Å². The Morgan fingerprint density at radius 2 is 1.80 bits per heavy atom. The second-order valence-electron chi connectivity index (χ2n) is 7.00. The highest BCUT2D eigenvalue weighted by molar-refractivity contribution is 5.93. The highest BCUT2D eigenvalue weighted by Gasteiger charge is 2.14. The number of hydrogen-bond acceptors (Lipinski definition) is 3. The molecule has 136 valence electrons. The number of nitrogens with one attached hydrogen (secondary N) is 3. The smallest absolute Gasteiger partial charge is 0.269 e. The summed E-state index contributed by atoms with van der Waals surface area (Å²) in [5, 5.41) is 0. The van der Waals surface area contributed by atoms with Crippen molar-refractivity contribution in [1.29, 1.82) is 0 Å². The number of allylic oxidation sites excluding steroid dienone is 2. The lowest BCUT2D eigenvalue weighted by molar-refractivity contribution is -0.921. The van der Waals surface area contributed by atoms with Crippen LogP contribution in [0.1, 0.15) is 54.4 Å². The number of amides is 1. The summed E-state index contributed by atoms with van der Waals surface area (Å²) in [5.41, 5.74) is 9.05. The SMILES string of the molecule is O=C(NNC1=CCCCCCC1)c1ccc(C[NH+]2CCOCC2)cc1. The van der Waals surface area contributed by atoms with Crippen molar-refractivity contribution in [1.82, 2.24) is 10.9 Å². The molecule has 1 amide bonds. The van der Waals surface area contributed by atoms with E-state index in [0.29, 0.717) is 5.56 Å². The van der Waals surface area contributed by atoms with E-state index in [4.69, 9.17) is 4.74 Å². The number of carbonyl (C=O) groups excluding carboxylic acids is 1. The van der Waals surface area contributed by atoms with Gasteiger partial charge in [-0.3, -0.25) is 10.2 Å². The Balaban J connectivity index is 1.48. The molecule has 3 rings (SSSR count). The van der Waals surface area contributed by atoms with E-state index in [-0.39, 0.29) is 5.91 Å². The number of hydrazine groups is 1. The minimum absolute atomic E-state index is 0.0757. The molecule has 0 atom stereocenters. The van der Waals surface area contributed by atoms with Crippen molar-refractivity contribution in [3.8, 4) is 0 Å². The number of quaternary nitrogens is 1. The topological polar surface area (TPSA) is 54.8 Å². The third kappa shape index (κ3) is 5.87. The molecule has 0 bridgehead atoms. The molecule has 25 heavy (non-hydrogen) atoms. The van der Waals surface area contributed by atoms with Crippen LogP contribution >= 0.6 is 0 Å². The van der Waals surface area contributed by atoms with E-state index < -0.39 is 0 Å². The van der Waals surface area contributed by atoms with Gasteiger partial charge in [0.25, 0.3) is 5.91 Å². The fourth-order valence-electron chi connectivity index (χ4n) is 3.41. The number of hydrogen-bond donors (Lipinski definition) is 3. The van der Waals surface area contributed by atoms with Crippen LogP contribution in [-0.4, -0.2) is 32.2 Å². The molecule has 1 saturated heterocycles. The summed E-state index contributed by atoms with van der Waals surface area (Å²) in [7, 11) is 0. The number of benzene rings is 1. The van der Waals surface area contributed by atoms with Crippen molar-refractivity contribution < 1.29 is 14.4 Å². The zero-order chi connectivity index (χ0) is 17.3. The molecule has 1 fully saturated rings. The van der Waals surface area contributed by atoms with Gasteiger partial charge in [0.15, 0.2) is 0 Å². The minimum atomic E-state index is -0.0757. The fourth-order valence-corrected chi connectivity index (χ4v) is 3.41. The second-order valence-corrected chi connectivity index (χ2v) is 7.00. The zero-order valence-corrected chi connectivity index (χ0v) is 15.0. The van der Waals surface area contributed by atoms with Crippen molar-refractivity contribution in [3.05, 3.63) is 47.2 Å². The zero-order valence-electron chi connectivity index (χ0n) is 15.0. The molecule has 0 radical (unpaired) electrons. The number of carbonyl (C=O) groups is 1. The molecule has 1 aromatic carbocycles. The molecule has 0 aromatic heterocycles. The Hall–Kier alpha value is -1.85. The van der Waals surface area contributed by atoms with E-state index in [9.17, 15) is 4.79 Å². The van der Waals surface area contributed by atoms with E-state index >= 15 is 0 Å². The second kappa shape index (κ2) is 9.59. The van der Waals surface area contributed by atoms with Gasteiger partial charge in [0, 0.05) is 16.8 Å². The summed E-state index contributed by atoms with van der Waals surface area (Å²) in [5.74, 6) is -0.0757. The average Bonchev–Trinajstić information content (AvgIpc) is 2.62. The van der Waals surface area contributed by atoms with Crippen LogP contribution in [0.15, 0.2) is 36.0 Å². The average molecular weight is 344 g/mol. The first-order valence-corrected chi connectivity index (χ1v) is 9.57. The van der Waals surface area contributed by atoms with Crippen LogP contribution in [0.25, 0.3) is 0 Å². The van der Waals surface area contributed by atoms with Crippen LogP contribution in [0.3, 0.4) is 0 Å². The lowest BCUT2D eigenvalue weighted by Crippen LogP contribution is -3.12. The van der Waals surface area contributed by atoms with E-state index in [2.05, 4.69) is 29.1 Å². The molecular weight excluding hydrogens is 314 g/mol. The standard InChI is InChI=1S/C20H29N3O2/c24-20(22-21-19-6-4-2-1-3-5-7-19)18-10-8-17(9-11-18)16-23-12-14-25-15-13-23/h6,8-11,21H,1-5,7,12-16H2,(H,22,24)/p+1. The summed E-state index contributed by atoms with van der Waals surface area (Å²) in [6.07, 6.45) is 9.35. The maximum atomic E-state index is 12.3. The molecule has 3 N–H and O–H groups in total. The summed E-state index contributed by atoms with van der Waals surface area (Å²) in [6.45, 7) is 4.80. The number of ether oxygens (including phenoxy) is 1. The van der Waals surface area contributed by atoms with E-state index in [1.54, 1.807) is 4.90 Å². The van der Waals surface area contributed by atoms with Crippen LogP contribution in [0, 0.1) is 0 Å². The van der Waals surface area contributed by atoms with Crippen LogP contribution in [-0.2, 0) is 11.3 Å². The Labute approximate surface area is 150 Å². The van der Waals surface area contributed by atoms with E-state index in [1.807, 2.05) is 12.1 Å². The highest BCUT2D eigenvalue weighted by Crippen LogP contribution is 2.14. The van der Waals surface area contributed by atoms with Crippen LogP contribution in [0.5, 0.6) is 0 Å². The van der Waals surface area contributed by atoms with Gasteiger partial charge >= 0.3 is 0 Å². The molecule has 5 nitrogen and oxygen atoms in total. The summed E-state index contributed by atoms with van der Waals surface area (Å²) in [4.78, 5) is 13.9. The quantitative estimate of drug-likeness (QED) is 0.711. The largest absolute Gasteiger partial charge is 0.370 e. The molecule has 1 aliphatic carbocycles. The molecule has 1 aromatic rings. The van der Waals surface area contributed by atoms with Crippen molar-refractivity contribution in [3.63, 3.8) is 0 Å². The Morgan fingerprint density at radius 1 is 1.04 bits per heavy atom. The van der Waals surface area contributed by atoms with Crippen molar-refractivity contribution in [2.24, 2.45) is 0 Å². The summed E-state index contributed by atoms with van der Waals surface area (Å²) < 4.78 is 5.39. The van der Waals surface area contributed by atoms with E-state index in [0.717, 1.165) is 51.4 Å². The van der Waals surface area contributed by atoms with Gasteiger partial charge in [0.05, 0.1) is 13.2 Å². The Bertz CT molecular complexity index is 577. The predicted molar refractivity (Wildman–Crippen MR) is 98.0 cm³/mol. The van der Waals surface area contributed by atoms with Crippen molar-refractivity contribution in [2.75, 3.05) is 26.3 Å². The predicted octanol–water partition coefficient (Wildman–Crippen LogP) is 1.57. The van der Waals surface area contributed by atoms with Gasteiger partial charge in [-0.05, 0) is 37.8 Å². The first-order valence-electron chi connectivity index (χ1n) is 9.57. The third-order valence-corrected chi connectivity index (χ3v) is 5.00. The molecule has 2 aliphatic rings. The highest BCUT2D eigenvalue weighted by atomic mass is 16.5. The number of morpholine rings is 1. The van der Waals surface area contributed by atoms with E-state index in [1.165, 1.54) is 31.2 Å². The lowest BCUT2D eigenvalue weighted by atomic mass is 10.0. The lowest BCUT2D eigenvalue weighted by Gasteiger charge is -2.23. The third-order valence-electron chi connectivity index (χ3n) is 5.00. The molecular formula is C20H30N3O2+. The van der Waals surface area contributed by atoms with Crippen LogP contribution in [0.2, 0.25) is 0 Å². The fraction of sp³-hybridized carbons (Fsp3) is 0.550. The van der Waals surface area contributed by atoms with Gasteiger partial charge in [0.1, 0.15) is 19.6 Å². The molecule has 0 unspecified atom stereocenters. The van der Waals surface area contributed by atoms with Crippen molar-refractivity contribution in [2.45, 2.75) is 45.1 Å². The van der Waals surface area contributed by atoms with Gasteiger partial charge in [-0.1, -0.05) is 31.1 Å². The maximum absolute atomic E-state index is 12.3. The normalized spacial score (nSPS) is 19.4. The van der Waals surface area contributed by atoms with Gasteiger partial charge in [0.2, 0.25) is 0 Å². The first kappa shape index (κ1) is 18.0. The molecule has 5 heteroatoms. The molecule has 1 heterocycles. The molecule has 0 spiro atoms.